The molecule has 0 saturated carbocycles. The van der Waals surface area contributed by atoms with Gasteiger partial charge in [-0.1, -0.05) is 76.8 Å². The van der Waals surface area contributed by atoms with Gasteiger partial charge < -0.3 is 19.9 Å². The third-order valence-corrected chi connectivity index (χ3v) is 7.58. The molecule has 0 saturated heterocycles. The standard InChI is InChI=1S/C32H36FN3O2/c1-5-6-11-20(2)12-9-10-15-35-21(3)25-19-36-27-16-22-13-7-8-14-23(22)17-28(27)38-32-29(34-4)26(33)18-24(30(32)36)31(25)37/h7-8,13-14,16-20,34-35H,3,5-6,9-12,15H2,1-2,4H3. The second kappa shape index (κ2) is 10.9. The van der Waals surface area contributed by atoms with E-state index in [4.69, 9.17) is 4.74 Å². The molecule has 2 N–H and O–H groups in total. The number of pyridine rings is 1. The number of fused-ring (bicyclic) bond motifs is 3. The largest absolute Gasteiger partial charge is 0.451 e. The smallest absolute Gasteiger partial charge is 0.198 e. The van der Waals surface area contributed by atoms with Gasteiger partial charge in [0.25, 0.3) is 0 Å². The second-order valence-electron chi connectivity index (χ2n) is 10.4. The molecule has 38 heavy (non-hydrogen) atoms. The van der Waals surface area contributed by atoms with Crippen molar-refractivity contribution in [2.24, 2.45) is 5.92 Å². The van der Waals surface area contributed by atoms with Crippen LogP contribution in [0.1, 0.15) is 57.9 Å². The van der Waals surface area contributed by atoms with Crippen LogP contribution in [0, 0.1) is 11.7 Å². The van der Waals surface area contributed by atoms with Crippen LogP contribution in [-0.2, 0) is 0 Å². The highest BCUT2D eigenvalue weighted by Gasteiger charge is 2.27. The van der Waals surface area contributed by atoms with Crippen molar-refractivity contribution in [1.82, 2.24) is 9.88 Å². The van der Waals surface area contributed by atoms with Crippen molar-refractivity contribution in [3.05, 3.63) is 76.8 Å². The Morgan fingerprint density at radius 3 is 2.58 bits per heavy atom. The molecule has 198 valence electrons. The minimum Gasteiger partial charge on any atom is -0.451 e. The second-order valence-corrected chi connectivity index (χ2v) is 10.4. The van der Waals surface area contributed by atoms with Crippen molar-refractivity contribution < 1.29 is 9.13 Å². The number of benzene rings is 3. The molecule has 0 bridgehead atoms. The van der Waals surface area contributed by atoms with Gasteiger partial charge >= 0.3 is 0 Å². The Kier molecular flexibility index (Phi) is 7.41. The van der Waals surface area contributed by atoms with Gasteiger partial charge in [-0.3, -0.25) is 4.79 Å². The SMILES string of the molecule is C=C(NCCCCC(C)CCCC)c1cn2c3c(c(NC)c(F)cc3c1=O)Oc1cc3ccccc3cc1-2. The molecule has 1 aliphatic heterocycles. The van der Waals surface area contributed by atoms with Gasteiger partial charge in [0.15, 0.2) is 22.7 Å². The Morgan fingerprint density at radius 1 is 1.11 bits per heavy atom. The van der Waals surface area contributed by atoms with Crippen LogP contribution >= 0.6 is 0 Å². The van der Waals surface area contributed by atoms with Crippen LogP contribution in [0.4, 0.5) is 10.1 Å². The first kappa shape index (κ1) is 25.8. The summed E-state index contributed by atoms with van der Waals surface area (Å²) in [6.45, 7) is 9.47. The van der Waals surface area contributed by atoms with Crippen molar-refractivity contribution in [3.8, 4) is 17.2 Å². The average molecular weight is 514 g/mol. The molecule has 1 atom stereocenters. The van der Waals surface area contributed by atoms with E-state index in [0.717, 1.165) is 41.8 Å². The molecular weight excluding hydrogens is 477 g/mol. The maximum Gasteiger partial charge on any atom is 0.198 e. The van der Waals surface area contributed by atoms with Crippen LogP contribution < -0.4 is 20.8 Å². The number of hydrogen-bond donors (Lipinski definition) is 2. The first-order chi connectivity index (χ1) is 18.4. The van der Waals surface area contributed by atoms with E-state index in [1.54, 1.807) is 7.05 Å². The van der Waals surface area contributed by atoms with E-state index in [0.29, 0.717) is 28.3 Å². The number of nitrogens with zero attached hydrogens (tertiary/aromatic N) is 1. The van der Waals surface area contributed by atoms with Gasteiger partial charge in [-0.25, -0.2) is 4.39 Å². The van der Waals surface area contributed by atoms with E-state index in [9.17, 15) is 4.79 Å². The van der Waals surface area contributed by atoms with Gasteiger partial charge in [-0.2, -0.15) is 0 Å². The quantitative estimate of drug-likeness (QED) is 0.176. The highest BCUT2D eigenvalue weighted by Crippen LogP contribution is 2.46. The minimum absolute atomic E-state index is 0.224. The fourth-order valence-electron chi connectivity index (χ4n) is 5.40. The Balaban J connectivity index is 1.50. The molecule has 1 unspecified atom stereocenters. The number of unbranched alkanes of at least 4 members (excludes halogenated alkanes) is 2. The first-order valence-corrected chi connectivity index (χ1v) is 13.7. The van der Waals surface area contributed by atoms with E-state index in [2.05, 4.69) is 31.1 Å². The van der Waals surface area contributed by atoms with Gasteiger partial charge in [-0.05, 0) is 41.3 Å². The van der Waals surface area contributed by atoms with Crippen LogP contribution in [-0.4, -0.2) is 18.2 Å². The molecule has 5 rings (SSSR count). The number of anilines is 1. The molecule has 0 amide bonds. The zero-order valence-corrected chi connectivity index (χ0v) is 22.5. The summed E-state index contributed by atoms with van der Waals surface area (Å²) in [4.78, 5) is 13.6. The summed E-state index contributed by atoms with van der Waals surface area (Å²) in [6, 6.07) is 13.3. The molecule has 0 radical (unpaired) electrons. The van der Waals surface area contributed by atoms with Crippen molar-refractivity contribution in [2.75, 3.05) is 18.9 Å². The summed E-state index contributed by atoms with van der Waals surface area (Å²) in [6.07, 6.45) is 8.95. The Morgan fingerprint density at radius 2 is 1.84 bits per heavy atom. The summed E-state index contributed by atoms with van der Waals surface area (Å²) < 4.78 is 23.4. The summed E-state index contributed by atoms with van der Waals surface area (Å²) >= 11 is 0. The maximum absolute atomic E-state index is 15.2. The Labute approximate surface area is 223 Å². The van der Waals surface area contributed by atoms with Crippen LogP contribution in [0.25, 0.3) is 33.1 Å². The Bertz CT molecular complexity index is 1570. The lowest BCUT2D eigenvalue weighted by atomic mass is 9.98. The number of nitrogens with one attached hydrogen (secondary N) is 2. The molecular formula is C32H36FN3O2. The summed E-state index contributed by atoms with van der Waals surface area (Å²) in [5.74, 6) is 1.12. The molecule has 2 heterocycles. The maximum atomic E-state index is 15.2. The van der Waals surface area contributed by atoms with E-state index in [-0.39, 0.29) is 16.5 Å². The third-order valence-electron chi connectivity index (χ3n) is 7.58. The van der Waals surface area contributed by atoms with Gasteiger partial charge in [-0.15, -0.1) is 0 Å². The molecule has 1 aromatic heterocycles. The molecule has 3 aromatic carbocycles. The predicted molar refractivity (Wildman–Crippen MR) is 156 cm³/mol. The van der Waals surface area contributed by atoms with E-state index in [1.807, 2.05) is 47.2 Å². The van der Waals surface area contributed by atoms with Crippen molar-refractivity contribution in [3.63, 3.8) is 0 Å². The zero-order chi connectivity index (χ0) is 26.8. The van der Waals surface area contributed by atoms with Crippen molar-refractivity contribution in [1.29, 1.82) is 0 Å². The number of rotatable bonds is 11. The first-order valence-electron chi connectivity index (χ1n) is 13.7. The highest BCUT2D eigenvalue weighted by atomic mass is 19.1. The van der Waals surface area contributed by atoms with Gasteiger partial charge in [0.2, 0.25) is 0 Å². The Hall–Kier alpha value is -3.80. The minimum atomic E-state index is -0.532. The molecule has 6 heteroatoms. The normalized spacial score (nSPS) is 12.7. The molecule has 0 spiro atoms. The van der Waals surface area contributed by atoms with Crippen molar-refractivity contribution in [2.45, 2.75) is 52.4 Å². The lowest BCUT2D eigenvalue weighted by Crippen LogP contribution is -2.22. The summed E-state index contributed by atoms with van der Waals surface area (Å²) in [5, 5.41) is 8.59. The molecule has 4 aromatic rings. The molecule has 5 nitrogen and oxygen atoms in total. The average Bonchev–Trinajstić information content (AvgIpc) is 2.91. The number of ether oxygens (including phenoxy) is 1. The molecule has 0 aliphatic carbocycles. The van der Waals surface area contributed by atoms with E-state index >= 15 is 4.39 Å². The van der Waals surface area contributed by atoms with Crippen LogP contribution in [0.5, 0.6) is 11.5 Å². The zero-order valence-electron chi connectivity index (χ0n) is 22.5. The lowest BCUT2D eigenvalue weighted by Gasteiger charge is -2.26. The number of hydrogen-bond acceptors (Lipinski definition) is 4. The van der Waals surface area contributed by atoms with Gasteiger partial charge in [0.1, 0.15) is 11.2 Å². The highest BCUT2D eigenvalue weighted by molar-refractivity contribution is 5.97. The van der Waals surface area contributed by atoms with Crippen molar-refractivity contribution >= 4 is 33.1 Å². The number of halogens is 1. The molecule has 0 fully saturated rings. The monoisotopic (exact) mass is 513 g/mol. The third kappa shape index (κ3) is 4.75. The van der Waals surface area contributed by atoms with E-state index < -0.39 is 5.82 Å². The van der Waals surface area contributed by atoms with E-state index in [1.165, 1.54) is 31.7 Å². The summed E-state index contributed by atoms with van der Waals surface area (Å²) in [7, 11) is 1.65. The number of aromatic nitrogens is 1. The fraction of sp³-hybridized carbons (Fsp3) is 0.344. The van der Waals surface area contributed by atoms with Gasteiger partial charge in [0.05, 0.1) is 16.6 Å². The molecule has 1 aliphatic rings. The fourth-order valence-corrected chi connectivity index (χ4v) is 5.40. The van der Waals surface area contributed by atoms with Crippen LogP contribution in [0.15, 0.2) is 60.0 Å². The summed E-state index contributed by atoms with van der Waals surface area (Å²) in [5.41, 5.74) is 2.27. The van der Waals surface area contributed by atoms with Crippen LogP contribution in [0.2, 0.25) is 0 Å². The van der Waals surface area contributed by atoms with Gasteiger partial charge in [0, 0.05) is 25.5 Å². The van der Waals surface area contributed by atoms with Crippen LogP contribution in [0.3, 0.4) is 0 Å². The predicted octanol–water partition coefficient (Wildman–Crippen LogP) is 7.99. The topological polar surface area (TPSA) is 55.3 Å². The lowest BCUT2D eigenvalue weighted by molar-refractivity contribution is 0.449.